The van der Waals surface area contributed by atoms with Crippen LogP contribution in [0.4, 0.5) is 0 Å². The van der Waals surface area contributed by atoms with Crippen molar-refractivity contribution in [3.8, 4) is 11.4 Å². The summed E-state index contributed by atoms with van der Waals surface area (Å²) in [4.78, 5) is 15.4. The minimum atomic E-state index is -0.839. The number of carbonyl (C=O) groups is 1. The SMILES string of the molecule is CC[C@@H](Sc1n[nH]c(-c2ccc(C(C)(C)C)cc2)n1)C(=O)O. The molecule has 2 N–H and O–H groups in total. The fraction of sp³-hybridized carbons (Fsp3) is 0.438. The second kappa shape index (κ2) is 6.52. The van der Waals surface area contributed by atoms with Gasteiger partial charge in [0.15, 0.2) is 5.82 Å². The van der Waals surface area contributed by atoms with Crippen LogP contribution in [0.25, 0.3) is 11.4 Å². The van der Waals surface area contributed by atoms with Gasteiger partial charge in [-0.2, -0.15) is 0 Å². The normalized spacial score (nSPS) is 13.1. The van der Waals surface area contributed by atoms with E-state index >= 15 is 0 Å². The van der Waals surface area contributed by atoms with Crippen molar-refractivity contribution in [1.82, 2.24) is 15.2 Å². The van der Waals surface area contributed by atoms with Crippen molar-refractivity contribution in [3.05, 3.63) is 29.8 Å². The number of aliphatic carboxylic acids is 1. The maximum Gasteiger partial charge on any atom is 0.317 e. The maximum atomic E-state index is 11.1. The van der Waals surface area contributed by atoms with Gasteiger partial charge in [-0.25, -0.2) is 4.98 Å². The fourth-order valence-corrected chi connectivity index (χ4v) is 2.76. The highest BCUT2D eigenvalue weighted by Crippen LogP contribution is 2.27. The first-order valence-corrected chi connectivity index (χ1v) is 8.12. The highest BCUT2D eigenvalue weighted by atomic mass is 32.2. The third-order valence-electron chi connectivity index (χ3n) is 3.38. The molecule has 0 saturated carbocycles. The van der Waals surface area contributed by atoms with Gasteiger partial charge < -0.3 is 5.11 Å². The lowest BCUT2D eigenvalue weighted by molar-refractivity contribution is -0.136. The number of benzene rings is 1. The average molecular weight is 319 g/mol. The molecule has 0 saturated heterocycles. The standard InChI is InChI=1S/C16H21N3O2S/c1-5-12(14(20)21)22-15-17-13(18-19-15)10-6-8-11(9-7-10)16(2,3)4/h6-9,12H,5H2,1-4H3,(H,20,21)(H,17,18,19)/t12-/m1/s1. The van der Waals surface area contributed by atoms with E-state index in [1.54, 1.807) is 0 Å². The Morgan fingerprint density at radius 2 is 1.95 bits per heavy atom. The van der Waals surface area contributed by atoms with Crippen LogP contribution in [0.15, 0.2) is 29.4 Å². The molecule has 118 valence electrons. The Balaban J connectivity index is 2.16. The molecule has 0 fully saturated rings. The lowest BCUT2D eigenvalue weighted by Gasteiger charge is -2.18. The van der Waals surface area contributed by atoms with Crippen molar-refractivity contribution >= 4 is 17.7 Å². The molecule has 0 bridgehead atoms. The predicted molar refractivity (Wildman–Crippen MR) is 88.1 cm³/mol. The molecule has 0 amide bonds. The van der Waals surface area contributed by atoms with Crippen molar-refractivity contribution in [2.24, 2.45) is 0 Å². The lowest BCUT2D eigenvalue weighted by Crippen LogP contribution is -2.14. The van der Waals surface area contributed by atoms with Gasteiger partial charge in [-0.15, -0.1) is 5.10 Å². The molecule has 2 aromatic rings. The molecule has 5 nitrogen and oxygen atoms in total. The van der Waals surface area contributed by atoms with E-state index < -0.39 is 11.2 Å². The topological polar surface area (TPSA) is 78.9 Å². The van der Waals surface area contributed by atoms with Gasteiger partial charge in [0, 0.05) is 5.56 Å². The highest BCUT2D eigenvalue weighted by molar-refractivity contribution is 8.00. The van der Waals surface area contributed by atoms with Crippen molar-refractivity contribution < 1.29 is 9.90 Å². The Kier molecular flexibility index (Phi) is 4.90. The van der Waals surface area contributed by atoms with E-state index in [2.05, 4.69) is 48.1 Å². The molecular weight excluding hydrogens is 298 g/mol. The number of nitrogens with one attached hydrogen (secondary N) is 1. The van der Waals surface area contributed by atoms with Crippen LogP contribution < -0.4 is 0 Å². The molecule has 0 aliphatic carbocycles. The van der Waals surface area contributed by atoms with Crippen LogP contribution in [0.2, 0.25) is 0 Å². The second-order valence-corrected chi connectivity index (χ2v) is 7.32. The number of hydrogen-bond donors (Lipinski definition) is 2. The Morgan fingerprint density at radius 1 is 1.32 bits per heavy atom. The number of hydrogen-bond acceptors (Lipinski definition) is 4. The van der Waals surface area contributed by atoms with Crippen molar-refractivity contribution in [2.75, 3.05) is 0 Å². The van der Waals surface area contributed by atoms with E-state index in [9.17, 15) is 4.79 Å². The van der Waals surface area contributed by atoms with Crippen LogP contribution in [0.5, 0.6) is 0 Å². The Labute approximate surface area is 134 Å². The summed E-state index contributed by atoms with van der Waals surface area (Å²) in [6, 6.07) is 8.17. The molecule has 22 heavy (non-hydrogen) atoms. The molecular formula is C16H21N3O2S. The fourth-order valence-electron chi connectivity index (χ4n) is 1.99. The molecule has 2 rings (SSSR count). The lowest BCUT2D eigenvalue weighted by atomic mass is 9.87. The van der Waals surface area contributed by atoms with Crippen LogP contribution in [-0.2, 0) is 10.2 Å². The number of rotatable bonds is 5. The summed E-state index contributed by atoms with van der Waals surface area (Å²) >= 11 is 1.17. The highest BCUT2D eigenvalue weighted by Gasteiger charge is 2.19. The number of nitrogens with zero attached hydrogens (tertiary/aromatic N) is 2. The molecule has 1 aromatic carbocycles. The Morgan fingerprint density at radius 3 is 2.45 bits per heavy atom. The second-order valence-electron chi connectivity index (χ2n) is 6.15. The first kappa shape index (κ1) is 16.5. The smallest absolute Gasteiger partial charge is 0.317 e. The molecule has 0 spiro atoms. The molecule has 0 radical (unpaired) electrons. The largest absolute Gasteiger partial charge is 0.480 e. The van der Waals surface area contributed by atoms with Crippen LogP contribution in [-0.4, -0.2) is 31.5 Å². The average Bonchev–Trinajstić information content (AvgIpc) is 2.92. The number of carboxylic acids is 1. The molecule has 0 aliphatic heterocycles. The number of aromatic nitrogens is 3. The summed E-state index contributed by atoms with van der Waals surface area (Å²) in [6.07, 6.45) is 0.532. The zero-order valence-corrected chi connectivity index (χ0v) is 14.1. The summed E-state index contributed by atoms with van der Waals surface area (Å²) in [5, 5.41) is 16.0. The van der Waals surface area contributed by atoms with Crippen LogP contribution in [0, 0.1) is 0 Å². The van der Waals surface area contributed by atoms with E-state index in [-0.39, 0.29) is 5.41 Å². The zero-order chi connectivity index (χ0) is 16.3. The first-order chi connectivity index (χ1) is 10.3. The summed E-state index contributed by atoms with van der Waals surface area (Å²) in [6.45, 7) is 8.34. The van der Waals surface area contributed by atoms with Gasteiger partial charge >= 0.3 is 5.97 Å². The van der Waals surface area contributed by atoms with Gasteiger partial charge in [0.05, 0.1) is 0 Å². The third kappa shape index (κ3) is 3.88. The van der Waals surface area contributed by atoms with Gasteiger partial charge in [0.1, 0.15) is 5.25 Å². The Hall–Kier alpha value is -1.82. The quantitative estimate of drug-likeness (QED) is 0.821. The number of H-pyrrole nitrogens is 1. The monoisotopic (exact) mass is 319 g/mol. The van der Waals surface area contributed by atoms with Gasteiger partial charge in [0.25, 0.3) is 0 Å². The number of thioether (sulfide) groups is 1. The summed E-state index contributed by atoms with van der Waals surface area (Å²) in [5.41, 5.74) is 2.30. The molecule has 1 aromatic heterocycles. The number of carboxylic acid groups (broad SMARTS) is 1. The molecule has 6 heteroatoms. The van der Waals surface area contributed by atoms with Crippen molar-refractivity contribution in [3.63, 3.8) is 0 Å². The number of aromatic amines is 1. The Bertz CT molecular complexity index is 644. The van der Waals surface area contributed by atoms with Gasteiger partial charge in [-0.3, -0.25) is 9.89 Å². The zero-order valence-electron chi connectivity index (χ0n) is 13.3. The van der Waals surface area contributed by atoms with E-state index in [0.717, 1.165) is 5.56 Å². The van der Waals surface area contributed by atoms with Crippen molar-refractivity contribution in [1.29, 1.82) is 0 Å². The van der Waals surface area contributed by atoms with Crippen LogP contribution in [0.3, 0.4) is 0 Å². The van der Waals surface area contributed by atoms with E-state index in [1.807, 2.05) is 19.1 Å². The van der Waals surface area contributed by atoms with Crippen molar-refractivity contribution in [2.45, 2.75) is 49.9 Å². The molecule has 1 heterocycles. The summed E-state index contributed by atoms with van der Waals surface area (Å²) in [7, 11) is 0. The van der Waals surface area contributed by atoms with Gasteiger partial charge in [-0.1, -0.05) is 63.7 Å². The minimum Gasteiger partial charge on any atom is -0.480 e. The van der Waals surface area contributed by atoms with Gasteiger partial charge in [0.2, 0.25) is 5.16 Å². The maximum absolute atomic E-state index is 11.1. The van der Waals surface area contributed by atoms with Gasteiger partial charge in [-0.05, 0) is 17.4 Å². The van der Waals surface area contributed by atoms with E-state index in [1.165, 1.54) is 17.3 Å². The molecule has 0 unspecified atom stereocenters. The minimum absolute atomic E-state index is 0.108. The summed E-state index contributed by atoms with van der Waals surface area (Å²) < 4.78 is 0. The predicted octanol–water partition coefficient (Wildman–Crippen LogP) is 3.72. The first-order valence-electron chi connectivity index (χ1n) is 7.24. The third-order valence-corrected chi connectivity index (χ3v) is 4.60. The van der Waals surface area contributed by atoms with E-state index in [4.69, 9.17) is 5.11 Å². The van der Waals surface area contributed by atoms with Crippen LogP contribution >= 0.6 is 11.8 Å². The van der Waals surface area contributed by atoms with Crippen LogP contribution in [0.1, 0.15) is 39.7 Å². The van der Waals surface area contributed by atoms with E-state index in [0.29, 0.717) is 17.4 Å². The molecule has 0 aliphatic rings. The summed E-state index contributed by atoms with van der Waals surface area (Å²) in [5.74, 6) is -0.184. The molecule has 1 atom stereocenters.